The number of carbonyl (C=O) groups excluding carboxylic acids is 4. The first-order valence-electron chi connectivity index (χ1n) is 10.0. The third-order valence-electron chi connectivity index (χ3n) is 4.92. The van der Waals surface area contributed by atoms with Crippen molar-refractivity contribution < 1.29 is 29.1 Å². The van der Waals surface area contributed by atoms with Gasteiger partial charge in [0.05, 0.1) is 6.54 Å². The number of rotatable bonds is 13. The van der Waals surface area contributed by atoms with Crippen molar-refractivity contribution in [1.82, 2.24) is 15.5 Å². The lowest BCUT2D eigenvalue weighted by Crippen LogP contribution is -2.55. The summed E-state index contributed by atoms with van der Waals surface area (Å²) in [5, 5.41) is 14.3. The lowest BCUT2D eigenvalue weighted by molar-refractivity contribution is -0.143. The topological polar surface area (TPSA) is 211 Å². The van der Waals surface area contributed by atoms with Crippen LogP contribution in [0.4, 0.5) is 0 Å². The van der Waals surface area contributed by atoms with E-state index >= 15 is 0 Å². The van der Waals surface area contributed by atoms with E-state index in [0.29, 0.717) is 38.8 Å². The molecule has 1 aliphatic heterocycles. The molecule has 9 N–H and O–H groups in total. The maximum Gasteiger partial charge on any atom is 0.326 e. The summed E-state index contributed by atoms with van der Waals surface area (Å²) in [5.41, 5.74) is 15.9. The molecule has 1 aliphatic rings. The molecular formula is C18H32N6O6. The molecule has 0 radical (unpaired) electrons. The number of hydrogen-bond acceptors (Lipinski definition) is 7. The molecule has 0 spiro atoms. The normalized spacial score (nSPS) is 17.8. The maximum absolute atomic E-state index is 12.7. The third kappa shape index (κ3) is 7.95. The summed E-state index contributed by atoms with van der Waals surface area (Å²) in [6.07, 6.45) is 2.11. The number of nitrogens with zero attached hydrogens (tertiary/aromatic N) is 1. The van der Waals surface area contributed by atoms with Gasteiger partial charge in [0.1, 0.15) is 18.1 Å². The molecule has 0 aliphatic carbocycles. The largest absolute Gasteiger partial charge is 0.480 e. The van der Waals surface area contributed by atoms with Gasteiger partial charge in [-0.2, -0.15) is 0 Å². The highest BCUT2D eigenvalue weighted by Gasteiger charge is 2.35. The van der Waals surface area contributed by atoms with E-state index < -0.39 is 41.8 Å². The quantitative estimate of drug-likeness (QED) is 0.171. The van der Waals surface area contributed by atoms with Crippen LogP contribution < -0.4 is 27.8 Å². The second-order valence-electron chi connectivity index (χ2n) is 7.20. The Labute approximate surface area is 174 Å². The Hall–Kier alpha value is -2.73. The summed E-state index contributed by atoms with van der Waals surface area (Å²) < 4.78 is 0. The van der Waals surface area contributed by atoms with Crippen LogP contribution in [0.25, 0.3) is 0 Å². The fourth-order valence-corrected chi connectivity index (χ4v) is 3.30. The zero-order chi connectivity index (χ0) is 22.7. The maximum atomic E-state index is 12.7. The van der Waals surface area contributed by atoms with E-state index in [2.05, 4.69) is 10.6 Å². The number of nitrogens with two attached hydrogens (primary N) is 3. The molecule has 1 rings (SSSR count). The van der Waals surface area contributed by atoms with E-state index in [-0.39, 0.29) is 31.7 Å². The molecule has 3 unspecified atom stereocenters. The molecule has 12 nitrogen and oxygen atoms in total. The SMILES string of the molecule is NCCCCC(NC(=O)C1CCCN1C(=O)CN)C(=O)NC(CCC(N)=O)C(=O)O. The molecule has 0 aromatic heterocycles. The van der Waals surface area contributed by atoms with Gasteiger partial charge in [0.15, 0.2) is 0 Å². The van der Waals surface area contributed by atoms with Crippen LogP contribution in [0.1, 0.15) is 44.9 Å². The molecule has 0 aromatic rings. The van der Waals surface area contributed by atoms with Crippen LogP contribution in [0.2, 0.25) is 0 Å². The third-order valence-corrected chi connectivity index (χ3v) is 4.92. The van der Waals surface area contributed by atoms with Crippen LogP contribution in [0.3, 0.4) is 0 Å². The Bertz CT molecular complexity index is 643. The minimum absolute atomic E-state index is 0.165. The molecule has 0 saturated carbocycles. The lowest BCUT2D eigenvalue weighted by Gasteiger charge is -2.26. The van der Waals surface area contributed by atoms with E-state index in [0.717, 1.165) is 0 Å². The molecule has 1 heterocycles. The van der Waals surface area contributed by atoms with Gasteiger partial charge < -0.3 is 37.8 Å². The van der Waals surface area contributed by atoms with Crippen LogP contribution >= 0.6 is 0 Å². The molecule has 1 saturated heterocycles. The first kappa shape index (κ1) is 25.3. The minimum Gasteiger partial charge on any atom is -0.480 e. The first-order chi connectivity index (χ1) is 14.2. The standard InChI is InChI=1S/C18H32N6O6/c19-8-2-1-4-11(16(27)23-12(18(29)30)6-7-14(21)25)22-17(28)13-5-3-9-24(13)15(26)10-20/h11-13H,1-10,19-20H2,(H2,21,25)(H,22,28)(H,23,27)(H,29,30). The first-order valence-corrected chi connectivity index (χ1v) is 10.0. The molecule has 3 atom stereocenters. The summed E-state index contributed by atoms with van der Waals surface area (Å²) in [6.45, 7) is 0.594. The van der Waals surface area contributed by atoms with Crippen LogP contribution in [0, 0.1) is 0 Å². The predicted octanol–water partition coefficient (Wildman–Crippen LogP) is -2.62. The number of aliphatic carboxylic acids is 1. The number of amides is 4. The Morgan fingerprint density at radius 3 is 2.30 bits per heavy atom. The van der Waals surface area contributed by atoms with Crippen molar-refractivity contribution >= 4 is 29.6 Å². The highest BCUT2D eigenvalue weighted by Crippen LogP contribution is 2.18. The summed E-state index contributed by atoms with van der Waals surface area (Å²) in [4.78, 5) is 61.0. The van der Waals surface area contributed by atoms with Crippen LogP contribution in [-0.2, 0) is 24.0 Å². The zero-order valence-corrected chi connectivity index (χ0v) is 17.0. The number of unbranched alkanes of at least 4 members (excludes halogenated alkanes) is 1. The van der Waals surface area contributed by atoms with Gasteiger partial charge in [0, 0.05) is 13.0 Å². The van der Waals surface area contributed by atoms with Crippen LogP contribution in [0.15, 0.2) is 0 Å². The van der Waals surface area contributed by atoms with E-state index in [4.69, 9.17) is 17.2 Å². The second kappa shape index (κ2) is 12.8. The van der Waals surface area contributed by atoms with Gasteiger partial charge in [-0.3, -0.25) is 19.2 Å². The monoisotopic (exact) mass is 428 g/mol. The van der Waals surface area contributed by atoms with Crippen molar-refractivity contribution in [2.24, 2.45) is 17.2 Å². The molecule has 12 heteroatoms. The van der Waals surface area contributed by atoms with Crippen molar-refractivity contribution in [2.75, 3.05) is 19.6 Å². The van der Waals surface area contributed by atoms with Crippen molar-refractivity contribution in [3.8, 4) is 0 Å². The van der Waals surface area contributed by atoms with Gasteiger partial charge in [-0.15, -0.1) is 0 Å². The number of likely N-dealkylation sites (tertiary alicyclic amines) is 1. The summed E-state index contributed by atoms with van der Waals surface area (Å²) in [7, 11) is 0. The molecular weight excluding hydrogens is 396 g/mol. The fourth-order valence-electron chi connectivity index (χ4n) is 3.30. The molecule has 4 amide bonds. The van der Waals surface area contributed by atoms with E-state index in [1.54, 1.807) is 0 Å². The highest BCUT2D eigenvalue weighted by atomic mass is 16.4. The predicted molar refractivity (Wildman–Crippen MR) is 107 cm³/mol. The Morgan fingerprint density at radius 1 is 1.03 bits per heavy atom. The van der Waals surface area contributed by atoms with Gasteiger partial charge in [0.25, 0.3) is 0 Å². The zero-order valence-electron chi connectivity index (χ0n) is 17.0. The average molecular weight is 428 g/mol. The second-order valence-corrected chi connectivity index (χ2v) is 7.20. The van der Waals surface area contributed by atoms with E-state index in [1.165, 1.54) is 4.90 Å². The van der Waals surface area contributed by atoms with Gasteiger partial charge in [0.2, 0.25) is 23.6 Å². The van der Waals surface area contributed by atoms with Crippen molar-refractivity contribution in [1.29, 1.82) is 0 Å². The van der Waals surface area contributed by atoms with Gasteiger partial charge in [-0.05, 0) is 45.1 Å². The summed E-state index contributed by atoms with van der Waals surface area (Å²) >= 11 is 0. The Kier molecular flexibility index (Phi) is 10.8. The van der Waals surface area contributed by atoms with E-state index in [9.17, 15) is 29.1 Å². The summed E-state index contributed by atoms with van der Waals surface area (Å²) in [6, 6.07) is -3.05. The number of carboxylic acid groups (broad SMARTS) is 1. The molecule has 0 bridgehead atoms. The van der Waals surface area contributed by atoms with Crippen molar-refractivity contribution in [3.63, 3.8) is 0 Å². The minimum atomic E-state index is -1.32. The fraction of sp³-hybridized carbons (Fsp3) is 0.722. The Morgan fingerprint density at radius 2 is 1.73 bits per heavy atom. The van der Waals surface area contributed by atoms with Crippen LogP contribution in [-0.4, -0.2) is 77.4 Å². The smallest absolute Gasteiger partial charge is 0.326 e. The molecule has 0 aromatic carbocycles. The van der Waals surface area contributed by atoms with Gasteiger partial charge >= 0.3 is 5.97 Å². The number of hydrogen-bond donors (Lipinski definition) is 6. The average Bonchev–Trinajstić information content (AvgIpc) is 3.19. The van der Waals surface area contributed by atoms with Crippen LogP contribution in [0.5, 0.6) is 0 Å². The van der Waals surface area contributed by atoms with Crippen molar-refractivity contribution in [3.05, 3.63) is 0 Å². The van der Waals surface area contributed by atoms with Crippen molar-refractivity contribution in [2.45, 2.75) is 63.1 Å². The molecule has 170 valence electrons. The summed E-state index contributed by atoms with van der Waals surface area (Å²) in [5.74, 6) is -3.53. The Balaban J connectivity index is 2.84. The van der Waals surface area contributed by atoms with Gasteiger partial charge in [-0.25, -0.2) is 4.79 Å². The number of carboxylic acids is 1. The number of nitrogens with one attached hydrogen (secondary N) is 2. The number of carbonyl (C=O) groups is 5. The van der Waals surface area contributed by atoms with E-state index in [1.807, 2.05) is 0 Å². The highest BCUT2D eigenvalue weighted by molar-refractivity contribution is 5.94. The van der Waals surface area contributed by atoms with Gasteiger partial charge in [-0.1, -0.05) is 0 Å². The molecule has 1 fully saturated rings. The molecule has 30 heavy (non-hydrogen) atoms. The number of primary amides is 1. The lowest BCUT2D eigenvalue weighted by atomic mass is 10.1.